The Labute approximate surface area is 130 Å². The lowest BCUT2D eigenvalue weighted by Crippen LogP contribution is -2.33. The molecule has 1 aromatic heterocycles. The average molecular weight is 352 g/mol. The number of aryl methyl sites for hydroxylation is 2. The van der Waals surface area contributed by atoms with Crippen LogP contribution in [0.1, 0.15) is 29.7 Å². The number of aromatic nitrogens is 1. The number of nitrogens with one attached hydrogen (secondary N) is 1. The molecule has 110 valence electrons. The van der Waals surface area contributed by atoms with Gasteiger partial charge in [-0.25, -0.2) is 4.39 Å². The van der Waals surface area contributed by atoms with Crippen molar-refractivity contribution in [3.63, 3.8) is 0 Å². The highest BCUT2D eigenvalue weighted by Gasteiger charge is 2.47. The summed E-state index contributed by atoms with van der Waals surface area (Å²) in [5.41, 5.74) is 2.21. The number of hydrogen-bond donors (Lipinski definition) is 2. The first-order valence-electron chi connectivity index (χ1n) is 6.76. The molecule has 1 unspecified atom stereocenters. The zero-order chi connectivity index (χ0) is 15.4. The van der Waals surface area contributed by atoms with E-state index < -0.39 is 11.4 Å². The van der Waals surface area contributed by atoms with E-state index in [4.69, 9.17) is 0 Å². The van der Waals surface area contributed by atoms with E-state index in [2.05, 4.69) is 27.5 Å². The van der Waals surface area contributed by atoms with Crippen molar-refractivity contribution in [3.05, 3.63) is 45.8 Å². The molecule has 2 N–H and O–H groups in total. The van der Waals surface area contributed by atoms with Crippen molar-refractivity contribution in [2.24, 2.45) is 0 Å². The second-order valence-electron chi connectivity index (χ2n) is 5.60. The topological polar surface area (TPSA) is 53.1 Å². The highest BCUT2D eigenvalue weighted by molar-refractivity contribution is 9.10. The zero-order valence-corrected chi connectivity index (χ0v) is 13.2. The van der Waals surface area contributed by atoms with Crippen molar-refractivity contribution in [3.8, 4) is 0 Å². The Hall–Kier alpha value is -1.62. The normalized spacial score (nSPS) is 20.7. The Morgan fingerprint density at radius 2 is 2.38 bits per heavy atom. The van der Waals surface area contributed by atoms with Gasteiger partial charge in [0.1, 0.15) is 11.2 Å². The predicted molar refractivity (Wildman–Crippen MR) is 83.1 cm³/mol. The van der Waals surface area contributed by atoms with E-state index in [0.717, 1.165) is 22.0 Å². The van der Waals surface area contributed by atoms with Crippen LogP contribution in [0.4, 0.5) is 4.39 Å². The average Bonchev–Trinajstić information content (AvgIpc) is 2.95. The smallest absolute Gasteiger partial charge is 0.315 e. The van der Waals surface area contributed by atoms with Gasteiger partial charge in [-0.2, -0.15) is 0 Å². The summed E-state index contributed by atoms with van der Waals surface area (Å²) in [6.45, 7) is 5.50. The highest BCUT2D eigenvalue weighted by atomic mass is 79.9. The van der Waals surface area contributed by atoms with Crippen molar-refractivity contribution in [2.75, 3.05) is 0 Å². The number of benzene rings is 1. The van der Waals surface area contributed by atoms with Crippen LogP contribution in [-0.4, -0.2) is 16.1 Å². The maximum Gasteiger partial charge on any atom is 0.315 e. The van der Waals surface area contributed by atoms with Gasteiger partial charge in [0, 0.05) is 11.1 Å². The number of aliphatic carboxylic acids is 1. The molecule has 0 radical (unpaired) electrons. The summed E-state index contributed by atoms with van der Waals surface area (Å²) in [5.74, 6) is -1.18. The number of hydrogen-bond acceptors (Lipinski definition) is 1. The lowest BCUT2D eigenvalue weighted by Gasteiger charge is -2.22. The monoisotopic (exact) mass is 351 g/mol. The summed E-state index contributed by atoms with van der Waals surface area (Å²) >= 11 is 3.30. The molecule has 1 heterocycles. The van der Waals surface area contributed by atoms with Crippen LogP contribution in [0.3, 0.4) is 0 Å². The van der Waals surface area contributed by atoms with Gasteiger partial charge in [-0.05, 0) is 59.3 Å². The first-order chi connectivity index (χ1) is 9.92. The van der Waals surface area contributed by atoms with Gasteiger partial charge in [0.05, 0.1) is 9.99 Å². The van der Waals surface area contributed by atoms with Crippen LogP contribution in [0, 0.1) is 12.7 Å². The molecule has 0 saturated carbocycles. The third kappa shape index (κ3) is 1.80. The van der Waals surface area contributed by atoms with Crippen molar-refractivity contribution >= 4 is 32.8 Å². The van der Waals surface area contributed by atoms with E-state index in [9.17, 15) is 14.3 Å². The number of carboxylic acids is 1. The van der Waals surface area contributed by atoms with Crippen LogP contribution in [0.15, 0.2) is 23.2 Å². The number of allylic oxidation sites excluding steroid dienone is 1. The van der Waals surface area contributed by atoms with E-state index in [1.54, 1.807) is 6.08 Å². The van der Waals surface area contributed by atoms with Gasteiger partial charge >= 0.3 is 5.97 Å². The lowest BCUT2D eigenvalue weighted by molar-refractivity contribution is -0.143. The van der Waals surface area contributed by atoms with Crippen molar-refractivity contribution in [1.82, 2.24) is 4.98 Å². The summed E-state index contributed by atoms with van der Waals surface area (Å²) in [5, 5.41) is 10.5. The second kappa shape index (κ2) is 4.70. The molecule has 0 spiro atoms. The maximum absolute atomic E-state index is 14.0. The van der Waals surface area contributed by atoms with Gasteiger partial charge < -0.3 is 10.1 Å². The van der Waals surface area contributed by atoms with Gasteiger partial charge in [-0.3, -0.25) is 4.79 Å². The fourth-order valence-corrected chi connectivity index (χ4v) is 3.95. The Kier molecular flexibility index (Phi) is 3.20. The molecule has 2 aromatic rings. The SMILES string of the molecule is C=CCC1(C(=O)O)CCc2c1[nH]c1c(C)cc(F)c(Br)c21. The molecule has 1 aliphatic carbocycles. The van der Waals surface area contributed by atoms with Crippen LogP contribution in [0.25, 0.3) is 10.9 Å². The van der Waals surface area contributed by atoms with Crippen molar-refractivity contribution in [1.29, 1.82) is 0 Å². The molecule has 0 bridgehead atoms. The Morgan fingerprint density at radius 1 is 1.67 bits per heavy atom. The number of fused-ring (bicyclic) bond motifs is 3. The van der Waals surface area contributed by atoms with Crippen LogP contribution < -0.4 is 0 Å². The van der Waals surface area contributed by atoms with Crippen LogP contribution in [0.2, 0.25) is 0 Å². The molecule has 1 aliphatic rings. The van der Waals surface area contributed by atoms with Crippen molar-refractivity contribution < 1.29 is 14.3 Å². The molecule has 0 aliphatic heterocycles. The van der Waals surface area contributed by atoms with Gasteiger partial charge in [0.25, 0.3) is 0 Å². The van der Waals surface area contributed by atoms with Gasteiger partial charge in [-0.15, -0.1) is 6.58 Å². The standard InChI is InChI=1S/C16H15BrFNO2/c1-3-5-16(15(20)21)6-4-9-11-12(17)10(18)7-8(2)13(11)19-14(9)16/h3,7,19H,1,4-6H2,2H3,(H,20,21). The first kappa shape index (κ1) is 14.3. The highest BCUT2D eigenvalue weighted by Crippen LogP contribution is 2.47. The third-order valence-electron chi connectivity index (χ3n) is 4.45. The molecule has 1 atom stereocenters. The van der Waals surface area contributed by atoms with Gasteiger partial charge in [0.2, 0.25) is 0 Å². The van der Waals surface area contributed by atoms with E-state index in [-0.39, 0.29) is 5.82 Å². The third-order valence-corrected chi connectivity index (χ3v) is 5.23. The minimum Gasteiger partial charge on any atom is -0.481 e. The minimum absolute atomic E-state index is 0.321. The van der Waals surface area contributed by atoms with Crippen LogP contribution in [0.5, 0.6) is 0 Å². The number of aromatic amines is 1. The van der Waals surface area contributed by atoms with Crippen molar-refractivity contribution in [2.45, 2.75) is 31.6 Å². The molecule has 5 heteroatoms. The molecular weight excluding hydrogens is 337 g/mol. The van der Waals surface area contributed by atoms with Crippen LogP contribution >= 0.6 is 15.9 Å². The van der Waals surface area contributed by atoms with E-state index in [1.165, 1.54) is 6.07 Å². The summed E-state index contributed by atoms with van der Waals surface area (Å²) in [4.78, 5) is 15.1. The quantitative estimate of drug-likeness (QED) is 0.813. The summed E-state index contributed by atoms with van der Waals surface area (Å²) in [7, 11) is 0. The number of H-pyrrole nitrogens is 1. The molecule has 21 heavy (non-hydrogen) atoms. The largest absolute Gasteiger partial charge is 0.481 e. The fraction of sp³-hybridized carbons (Fsp3) is 0.312. The first-order valence-corrected chi connectivity index (χ1v) is 7.55. The summed E-state index contributed by atoms with van der Waals surface area (Å²) < 4.78 is 14.4. The molecule has 0 amide bonds. The Bertz CT molecular complexity index is 780. The second-order valence-corrected chi connectivity index (χ2v) is 6.39. The fourth-order valence-electron chi connectivity index (χ4n) is 3.40. The predicted octanol–water partition coefficient (Wildman–Crippen LogP) is 4.22. The molecule has 3 nitrogen and oxygen atoms in total. The van der Waals surface area contributed by atoms with E-state index in [0.29, 0.717) is 29.4 Å². The maximum atomic E-state index is 14.0. The van der Waals surface area contributed by atoms with Crippen LogP contribution in [-0.2, 0) is 16.6 Å². The van der Waals surface area contributed by atoms with Gasteiger partial charge in [-0.1, -0.05) is 6.08 Å². The zero-order valence-electron chi connectivity index (χ0n) is 11.6. The number of carboxylic acid groups (broad SMARTS) is 1. The number of halogens is 2. The number of carbonyl (C=O) groups is 1. The van der Waals surface area contributed by atoms with E-state index in [1.807, 2.05) is 6.92 Å². The molecule has 0 saturated heterocycles. The molecular formula is C16H15BrFNO2. The summed E-state index contributed by atoms with van der Waals surface area (Å²) in [6.07, 6.45) is 3.13. The minimum atomic E-state index is -0.974. The Morgan fingerprint density at radius 3 is 3.00 bits per heavy atom. The van der Waals surface area contributed by atoms with E-state index >= 15 is 0 Å². The molecule has 3 rings (SSSR count). The summed E-state index contributed by atoms with van der Waals surface area (Å²) in [6, 6.07) is 1.45. The van der Waals surface area contributed by atoms with Gasteiger partial charge in [0.15, 0.2) is 0 Å². The number of rotatable bonds is 3. The molecule has 0 fully saturated rings. The Balaban J connectivity index is 2.37. The molecule has 1 aromatic carbocycles. The lowest BCUT2D eigenvalue weighted by atomic mass is 9.82.